The molecule has 6 heteroatoms. The number of H-pyrrole nitrogens is 1. The van der Waals surface area contributed by atoms with Crippen LogP contribution in [0.25, 0.3) is 0 Å². The third-order valence-electron chi connectivity index (χ3n) is 2.46. The molecule has 19 heavy (non-hydrogen) atoms. The van der Waals surface area contributed by atoms with Crippen LogP contribution in [0.1, 0.15) is 10.4 Å². The van der Waals surface area contributed by atoms with Gasteiger partial charge in [0.2, 0.25) is 5.56 Å². The lowest BCUT2D eigenvalue weighted by Gasteiger charge is -2.07. The van der Waals surface area contributed by atoms with E-state index in [9.17, 15) is 14.0 Å². The van der Waals surface area contributed by atoms with Crippen molar-refractivity contribution < 1.29 is 13.9 Å². The van der Waals surface area contributed by atoms with Crippen LogP contribution in [-0.4, -0.2) is 18.0 Å². The number of rotatable bonds is 3. The van der Waals surface area contributed by atoms with Crippen molar-refractivity contribution in [3.8, 4) is 5.75 Å². The maximum Gasteiger partial charge on any atom is 0.257 e. The molecule has 2 N–H and O–H groups in total. The first kappa shape index (κ1) is 12.8. The Morgan fingerprint density at radius 2 is 2.11 bits per heavy atom. The van der Waals surface area contributed by atoms with Crippen LogP contribution in [0.15, 0.2) is 41.3 Å². The first-order valence-corrected chi connectivity index (χ1v) is 5.44. The number of methoxy groups -OCH3 is 1. The van der Waals surface area contributed by atoms with Crippen molar-refractivity contribution in [2.45, 2.75) is 0 Å². The van der Waals surface area contributed by atoms with Crippen LogP contribution in [0, 0.1) is 5.82 Å². The number of carbonyl (C=O) groups is 1. The van der Waals surface area contributed by atoms with E-state index in [0.29, 0.717) is 5.69 Å². The van der Waals surface area contributed by atoms with E-state index < -0.39 is 11.7 Å². The highest BCUT2D eigenvalue weighted by Gasteiger charge is 2.08. The third-order valence-corrected chi connectivity index (χ3v) is 2.46. The average molecular weight is 262 g/mol. The van der Waals surface area contributed by atoms with Crippen LogP contribution in [0.2, 0.25) is 0 Å². The van der Waals surface area contributed by atoms with Crippen molar-refractivity contribution >= 4 is 11.6 Å². The zero-order valence-electron chi connectivity index (χ0n) is 10.1. The van der Waals surface area contributed by atoms with Gasteiger partial charge in [0.1, 0.15) is 0 Å². The summed E-state index contributed by atoms with van der Waals surface area (Å²) < 4.78 is 18.2. The molecule has 0 aliphatic carbocycles. The highest BCUT2D eigenvalue weighted by atomic mass is 19.1. The Morgan fingerprint density at radius 3 is 2.68 bits per heavy atom. The van der Waals surface area contributed by atoms with Gasteiger partial charge in [0.05, 0.1) is 12.7 Å². The van der Waals surface area contributed by atoms with E-state index in [2.05, 4.69) is 10.3 Å². The van der Waals surface area contributed by atoms with Gasteiger partial charge in [0, 0.05) is 24.0 Å². The zero-order valence-corrected chi connectivity index (χ0v) is 10.1. The number of aromatic amines is 1. The van der Waals surface area contributed by atoms with E-state index in [1.807, 2.05) is 0 Å². The maximum atomic E-state index is 13.4. The Kier molecular flexibility index (Phi) is 3.61. The smallest absolute Gasteiger partial charge is 0.257 e. The van der Waals surface area contributed by atoms with Gasteiger partial charge in [0.25, 0.3) is 5.91 Å². The monoisotopic (exact) mass is 262 g/mol. The molecule has 0 saturated carbocycles. The van der Waals surface area contributed by atoms with Crippen LogP contribution in [0.5, 0.6) is 5.75 Å². The van der Waals surface area contributed by atoms with E-state index >= 15 is 0 Å². The molecule has 0 unspecified atom stereocenters. The van der Waals surface area contributed by atoms with Gasteiger partial charge in [0.15, 0.2) is 11.6 Å². The first-order chi connectivity index (χ1) is 9.10. The fraction of sp³-hybridized carbons (Fsp3) is 0.0769. The molecule has 1 aromatic heterocycles. The molecule has 5 nitrogen and oxygen atoms in total. The quantitative estimate of drug-likeness (QED) is 0.885. The summed E-state index contributed by atoms with van der Waals surface area (Å²) in [5.41, 5.74) is 0.275. The van der Waals surface area contributed by atoms with Crippen LogP contribution in [0.3, 0.4) is 0 Å². The molecule has 0 radical (unpaired) electrons. The minimum absolute atomic E-state index is 0.0991. The first-order valence-electron chi connectivity index (χ1n) is 5.44. The summed E-state index contributed by atoms with van der Waals surface area (Å²) >= 11 is 0. The molecule has 2 rings (SSSR count). The Hall–Kier alpha value is -2.63. The zero-order chi connectivity index (χ0) is 13.8. The number of hydrogen-bond donors (Lipinski definition) is 2. The standard InChI is InChI=1S/C13H11FN2O3/c1-19-11-4-3-9(6-10(11)14)16-13(18)8-2-5-12(17)15-7-8/h2-7H,1H3,(H,15,17)(H,16,18). The minimum Gasteiger partial charge on any atom is -0.494 e. The van der Waals surface area contributed by atoms with Gasteiger partial charge >= 0.3 is 0 Å². The Balaban J connectivity index is 2.17. The predicted molar refractivity (Wildman–Crippen MR) is 68.0 cm³/mol. The van der Waals surface area contributed by atoms with E-state index in [4.69, 9.17) is 4.74 Å². The fourth-order valence-corrected chi connectivity index (χ4v) is 1.50. The second-order valence-corrected chi connectivity index (χ2v) is 3.75. The molecule has 2 aromatic rings. The van der Waals surface area contributed by atoms with E-state index in [0.717, 1.165) is 6.07 Å². The van der Waals surface area contributed by atoms with Crippen LogP contribution in [-0.2, 0) is 0 Å². The van der Waals surface area contributed by atoms with Crippen molar-refractivity contribution in [3.63, 3.8) is 0 Å². The van der Waals surface area contributed by atoms with E-state index in [1.165, 1.54) is 37.6 Å². The average Bonchev–Trinajstić information content (AvgIpc) is 2.39. The molecule has 1 amide bonds. The number of hydrogen-bond acceptors (Lipinski definition) is 3. The number of aromatic nitrogens is 1. The molecule has 0 saturated heterocycles. The highest BCUT2D eigenvalue weighted by molar-refractivity contribution is 6.04. The SMILES string of the molecule is COc1ccc(NC(=O)c2ccc(=O)[nH]c2)cc1F. The summed E-state index contributed by atoms with van der Waals surface area (Å²) in [5.74, 6) is -0.912. The number of nitrogens with one attached hydrogen (secondary N) is 2. The topological polar surface area (TPSA) is 71.2 Å². The van der Waals surface area contributed by atoms with Crippen LogP contribution in [0.4, 0.5) is 10.1 Å². The van der Waals surface area contributed by atoms with E-state index in [-0.39, 0.29) is 16.9 Å². The summed E-state index contributed by atoms with van der Waals surface area (Å²) in [6.07, 6.45) is 1.29. The Labute approximate surface area is 108 Å². The molecule has 0 atom stereocenters. The second kappa shape index (κ2) is 5.34. The van der Waals surface area contributed by atoms with Gasteiger partial charge in [-0.1, -0.05) is 0 Å². The molecule has 0 bridgehead atoms. The minimum atomic E-state index is -0.568. The lowest BCUT2D eigenvalue weighted by molar-refractivity contribution is 0.102. The van der Waals surface area contributed by atoms with Crippen molar-refractivity contribution in [1.29, 1.82) is 0 Å². The molecule has 0 fully saturated rings. The lowest BCUT2D eigenvalue weighted by atomic mass is 10.2. The van der Waals surface area contributed by atoms with Crippen LogP contribution >= 0.6 is 0 Å². The number of pyridine rings is 1. The molecular weight excluding hydrogens is 251 g/mol. The lowest BCUT2D eigenvalue weighted by Crippen LogP contribution is -2.14. The normalized spacial score (nSPS) is 10.0. The second-order valence-electron chi connectivity index (χ2n) is 3.75. The fourth-order valence-electron chi connectivity index (χ4n) is 1.50. The van der Waals surface area contributed by atoms with Gasteiger partial charge in [-0.05, 0) is 18.2 Å². The van der Waals surface area contributed by atoms with Crippen molar-refractivity contribution in [3.05, 3.63) is 58.3 Å². The summed E-state index contributed by atoms with van der Waals surface area (Å²) in [7, 11) is 1.36. The van der Waals surface area contributed by atoms with Crippen LogP contribution < -0.4 is 15.6 Å². The number of carbonyl (C=O) groups excluding carboxylic acids is 1. The van der Waals surface area contributed by atoms with Crippen molar-refractivity contribution in [2.24, 2.45) is 0 Å². The predicted octanol–water partition coefficient (Wildman–Crippen LogP) is 1.77. The number of amides is 1. The number of anilines is 1. The van der Waals surface area contributed by atoms with Gasteiger partial charge in [-0.15, -0.1) is 0 Å². The Bertz CT molecular complexity index is 647. The largest absolute Gasteiger partial charge is 0.494 e. The molecule has 1 heterocycles. The number of ether oxygens (including phenoxy) is 1. The summed E-state index contributed by atoms with van der Waals surface area (Å²) in [5, 5.41) is 2.51. The summed E-state index contributed by atoms with van der Waals surface area (Å²) in [6, 6.07) is 6.71. The Morgan fingerprint density at radius 1 is 1.32 bits per heavy atom. The van der Waals surface area contributed by atoms with Crippen molar-refractivity contribution in [2.75, 3.05) is 12.4 Å². The molecule has 1 aromatic carbocycles. The molecular formula is C13H11FN2O3. The van der Waals surface area contributed by atoms with Gasteiger partial charge in [-0.2, -0.15) is 0 Å². The third kappa shape index (κ3) is 2.98. The van der Waals surface area contributed by atoms with Gasteiger partial charge in [-0.25, -0.2) is 4.39 Å². The molecule has 0 aliphatic heterocycles. The molecule has 0 aliphatic rings. The highest BCUT2D eigenvalue weighted by Crippen LogP contribution is 2.20. The maximum absolute atomic E-state index is 13.4. The van der Waals surface area contributed by atoms with E-state index in [1.54, 1.807) is 0 Å². The van der Waals surface area contributed by atoms with Gasteiger partial charge < -0.3 is 15.0 Å². The summed E-state index contributed by atoms with van der Waals surface area (Å²) in [4.78, 5) is 25.1. The molecule has 0 spiro atoms. The number of benzene rings is 1. The van der Waals surface area contributed by atoms with Crippen molar-refractivity contribution in [1.82, 2.24) is 4.98 Å². The summed E-state index contributed by atoms with van der Waals surface area (Å²) in [6.45, 7) is 0. The molecule has 98 valence electrons. The van der Waals surface area contributed by atoms with Gasteiger partial charge in [-0.3, -0.25) is 9.59 Å². The number of halogens is 1.